The van der Waals surface area contributed by atoms with Gasteiger partial charge in [0.25, 0.3) is 0 Å². The van der Waals surface area contributed by atoms with Gasteiger partial charge in [-0.1, -0.05) is 24.2 Å². The summed E-state index contributed by atoms with van der Waals surface area (Å²) in [6, 6.07) is 8.32. The fourth-order valence-electron chi connectivity index (χ4n) is 1.70. The molecule has 2 N–H and O–H groups in total. The molecule has 0 aliphatic heterocycles. The number of hydrogen-bond acceptors (Lipinski definition) is 5. The topological polar surface area (TPSA) is 64.9 Å². The highest BCUT2D eigenvalue weighted by molar-refractivity contribution is 7.98. The van der Waals surface area contributed by atoms with Gasteiger partial charge in [0, 0.05) is 17.4 Å². The molecular formula is C14H19N3OS. The van der Waals surface area contributed by atoms with Gasteiger partial charge in [-0.25, -0.2) is 0 Å². The van der Waals surface area contributed by atoms with Crippen molar-refractivity contribution in [1.82, 2.24) is 10.1 Å². The SMILES string of the molecule is CCCc1nc(CSc2cccc(C(C)N)c2)no1. The van der Waals surface area contributed by atoms with Gasteiger partial charge in [0.2, 0.25) is 5.89 Å². The van der Waals surface area contributed by atoms with Gasteiger partial charge in [-0.15, -0.1) is 11.8 Å². The number of aromatic nitrogens is 2. The van der Waals surface area contributed by atoms with Crippen LogP contribution in [-0.2, 0) is 12.2 Å². The average Bonchev–Trinajstić information content (AvgIpc) is 2.85. The summed E-state index contributed by atoms with van der Waals surface area (Å²) >= 11 is 1.70. The molecule has 0 aliphatic carbocycles. The lowest BCUT2D eigenvalue weighted by molar-refractivity contribution is 0.373. The summed E-state index contributed by atoms with van der Waals surface area (Å²) in [6.07, 6.45) is 1.86. The van der Waals surface area contributed by atoms with Crippen LogP contribution in [0, 0.1) is 0 Å². The van der Waals surface area contributed by atoms with Gasteiger partial charge in [0.05, 0.1) is 5.75 Å². The first kappa shape index (κ1) is 14.1. The molecule has 1 heterocycles. The molecule has 2 rings (SSSR count). The van der Waals surface area contributed by atoms with Gasteiger partial charge in [-0.05, 0) is 31.0 Å². The molecule has 0 radical (unpaired) electrons. The molecule has 19 heavy (non-hydrogen) atoms. The van der Waals surface area contributed by atoms with Crippen LogP contribution in [0.15, 0.2) is 33.7 Å². The molecule has 1 aromatic heterocycles. The second-order valence-corrected chi connectivity index (χ2v) is 5.55. The van der Waals surface area contributed by atoms with Gasteiger partial charge >= 0.3 is 0 Å². The summed E-state index contributed by atoms with van der Waals surface area (Å²) in [5.41, 5.74) is 7.02. The zero-order valence-electron chi connectivity index (χ0n) is 11.3. The highest BCUT2D eigenvalue weighted by atomic mass is 32.2. The summed E-state index contributed by atoms with van der Waals surface area (Å²) < 4.78 is 5.16. The van der Waals surface area contributed by atoms with Crippen LogP contribution in [0.5, 0.6) is 0 Å². The van der Waals surface area contributed by atoms with Crippen molar-refractivity contribution in [3.63, 3.8) is 0 Å². The number of hydrogen-bond donors (Lipinski definition) is 1. The standard InChI is InChI=1S/C14H19N3OS/c1-3-5-14-16-13(17-18-14)9-19-12-7-4-6-11(8-12)10(2)15/h4,6-8,10H,3,5,9,15H2,1-2H3. The van der Waals surface area contributed by atoms with Crippen molar-refractivity contribution in [2.75, 3.05) is 0 Å². The lowest BCUT2D eigenvalue weighted by Crippen LogP contribution is -2.04. The van der Waals surface area contributed by atoms with Gasteiger partial charge < -0.3 is 10.3 Å². The molecule has 1 unspecified atom stereocenters. The van der Waals surface area contributed by atoms with Crippen LogP contribution in [0.4, 0.5) is 0 Å². The third kappa shape index (κ3) is 4.08. The second kappa shape index (κ2) is 6.73. The summed E-state index contributed by atoms with van der Waals surface area (Å²) in [5.74, 6) is 2.19. The Balaban J connectivity index is 1.95. The first-order chi connectivity index (χ1) is 9.19. The zero-order chi connectivity index (χ0) is 13.7. The maximum Gasteiger partial charge on any atom is 0.226 e. The Morgan fingerprint density at radius 1 is 1.42 bits per heavy atom. The fraction of sp³-hybridized carbons (Fsp3) is 0.429. The lowest BCUT2D eigenvalue weighted by Gasteiger charge is -2.07. The maximum atomic E-state index is 5.88. The van der Waals surface area contributed by atoms with E-state index >= 15 is 0 Å². The smallest absolute Gasteiger partial charge is 0.226 e. The normalized spacial score (nSPS) is 12.6. The Morgan fingerprint density at radius 2 is 2.26 bits per heavy atom. The molecule has 0 saturated heterocycles. The van der Waals surface area contributed by atoms with Crippen LogP contribution in [0.1, 0.15) is 43.6 Å². The third-order valence-electron chi connectivity index (χ3n) is 2.73. The Kier molecular flexibility index (Phi) is 4.99. The minimum atomic E-state index is 0.0573. The highest BCUT2D eigenvalue weighted by Gasteiger charge is 2.07. The molecule has 0 aliphatic rings. The van der Waals surface area contributed by atoms with Crippen molar-refractivity contribution in [3.05, 3.63) is 41.5 Å². The van der Waals surface area contributed by atoms with E-state index in [4.69, 9.17) is 10.3 Å². The molecular weight excluding hydrogens is 258 g/mol. The molecule has 0 amide bonds. The van der Waals surface area contributed by atoms with Crippen LogP contribution in [-0.4, -0.2) is 10.1 Å². The van der Waals surface area contributed by atoms with E-state index in [-0.39, 0.29) is 6.04 Å². The lowest BCUT2D eigenvalue weighted by atomic mass is 10.1. The molecule has 1 aromatic carbocycles. The van der Waals surface area contributed by atoms with Crippen LogP contribution in [0.3, 0.4) is 0 Å². The Bertz CT molecular complexity index is 525. The largest absolute Gasteiger partial charge is 0.339 e. The van der Waals surface area contributed by atoms with Gasteiger partial charge in [0.1, 0.15) is 0 Å². The zero-order valence-corrected chi connectivity index (χ0v) is 12.1. The predicted molar refractivity (Wildman–Crippen MR) is 76.9 cm³/mol. The molecule has 102 valence electrons. The van der Waals surface area contributed by atoms with E-state index in [1.54, 1.807) is 11.8 Å². The maximum absolute atomic E-state index is 5.88. The van der Waals surface area contributed by atoms with Crippen molar-refractivity contribution in [1.29, 1.82) is 0 Å². The molecule has 0 fully saturated rings. The molecule has 0 saturated carbocycles. The first-order valence-corrected chi connectivity index (χ1v) is 7.47. The number of aryl methyl sites for hydroxylation is 1. The van der Waals surface area contributed by atoms with Crippen molar-refractivity contribution in [2.24, 2.45) is 5.73 Å². The van der Waals surface area contributed by atoms with Gasteiger partial charge in [-0.3, -0.25) is 0 Å². The van der Waals surface area contributed by atoms with Crippen LogP contribution >= 0.6 is 11.8 Å². The van der Waals surface area contributed by atoms with E-state index < -0.39 is 0 Å². The average molecular weight is 277 g/mol. The summed E-state index contributed by atoms with van der Waals surface area (Å²) in [5, 5.41) is 3.98. The van der Waals surface area contributed by atoms with Crippen LogP contribution < -0.4 is 5.73 Å². The van der Waals surface area contributed by atoms with Crippen molar-refractivity contribution in [2.45, 2.75) is 43.4 Å². The van der Waals surface area contributed by atoms with E-state index in [1.807, 2.05) is 19.1 Å². The Labute approximate surface area is 117 Å². The highest BCUT2D eigenvalue weighted by Crippen LogP contribution is 2.24. The molecule has 5 heteroatoms. The van der Waals surface area contributed by atoms with Crippen molar-refractivity contribution in [3.8, 4) is 0 Å². The molecule has 0 spiro atoms. The second-order valence-electron chi connectivity index (χ2n) is 4.50. The quantitative estimate of drug-likeness (QED) is 0.820. The van der Waals surface area contributed by atoms with Crippen LogP contribution in [0.2, 0.25) is 0 Å². The molecule has 1 atom stereocenters. The summed E-state index contributed by atoms with van der Waals surface area (Å²) in [7, 11) is 0. The van der Waals surface area contributed by atoms with Crippen molar-refractivity contribution < 1.29 is 4.52 Å². The van der Waals surface area contributed by atoms with Crippen molar-refractivity contribution >= 4 is 11.8 Å². The monoisotopic (exact) mass is 277 g/mol. The minimum absolute atomic E-state index is 0.0573. The number of thioether (sulfide) groups is 1. The predicted octanol–water partition coefficient (Wildman–Crippen LogP) is 3.33. The fourth-order valence-corrected chi connectivity index (χ4v) is 2.51. The van der Waals surface area contributed by atoms with E-state index in [0.29, 0.717) is 0 Å². The van der Waals surface area contributed by atoms with Crippen LogP contribution in [0.25, 0.3) is 0 Å². The number of nitrogens with two attached hydrogens (primary N) is 1. The third-order valence-corrected chi connectivity index (χ3v) is 3.72. The first-order valence-electron chi connectivity index (χ1n) is 6.49. The van der Waals surface area contributed by atoms with Gasteiger partial charge in [0.15, 0.2) is 5.82 Å². The van der Waals surface area contributed by atoms with E-state index in [1.165, 1.54) is 4.90 Å². The van der Waals surface area contributed by atoms with E-state index in [9.17, 15) is 0 Å². The number of rotatable bonds is 6. The molecule has 4 nitrogen and oxygen atoms in total. The summed E-state index contributed by atoms with van der Waals surface area (Å²) in [6.45, 7) is 4.08. The molecule has 0 bridgehead atoms. The van der Waals surface area contributed by atoms with E-state index in [0.717, 1.165) is 35.9 Å². The Hall–Kier alpha value is -1.33. The van der Waals surface area contributed by atoms with E-state index in [2.05, 4.69) is 29.2 Å². The number of nitrogens with zero attached hydrogens (tertiary/aromatic N) is 2. The summed E-state index contributed by atoms with van der Waals surface area (Å²) in [4.78, 5) is 5.53. The Morgan fingerprint density at radius 3 is 3.00 bits per heavy atom. The molecule has 2 aromatic rings. The van der Waals surface area contributed by atoms with Gasteiger partial charge in [-0.2, -0.15) is 4.98 Å². The minimum Gasteiger partial charge on any atom is -0.339 e. The number of benzene rings is 1.